The van der Waals surface area contributed by atoms with E-state index in [-0.39, 0.29) is 11.7 Å². The molecule has 2 aliphatic heterocycles. The largest absolute Gasteiger partial charge is 0.338 e. The molecule has 0 unspecified atom stereocenters. The molecule has 1 spiro atoms. The third kappa shape index (κ3) is 2.24. The summed E-state index contributed by atoms with van der Waals surface area (Å²) in [6, 6.07) is 0. The molecule has 2 saturated heterocycles. The zero-order valence-electron chi connectivity index (χ0n) is 11.1. The minimum atomic E-state index is -0.570. The summed E-state index contributed by atoms with van der Waals surface area (Å²) in [6.07, 6.45) is 6.80. The summed E-state index contributed by atoms with van der Waals surface area (Å²) in [6.45, 7) is 14.2. The number of hydrogen-bond donors (Lipinski definition) is 0. The molecule has 0 bridgehead atoms. The summed E-state index contributed by atoms with van der Waals surface area (Å²) in [4.78, 5) is 0. The topological polar surface area (TPSA) is 18.5 Å². The lowest BCUT2D eigenvalue weighted by Gasteiger charge is -2.28. The van der Waals surface area contributed by atoms with Crippen LogP contribution in [0.4, 0.5) is 0 Å². The lowest BCUT2D eigenvalue weighted by Crippen LogP contribution is -2.33. The summed E-state index contributed by atoms with van der Waals surface area (Å²) in [5.74, 6) is -0.570. The van der Waals surface area contributed by atoms with Gasteiger partial charge in [0.05, 0.1) is 11.7 Å². The Morgan fingerprint density at radius 1 is 1.41 bits per heavy atom. The minimum absolute atomic E-state index is 0.111. The van der Waals surface area contributed by atoms with Crippen molar-refractivity contribution >= 4 is 0 Å². The minimum Gasteiger partial charge on any atom is -0.338 e. The van der Waals surface area contributed by atoms with Crippen molar-refractivity contribution in [2.45, 2.75) is 57.5 Å². The maximum Gasteiger partial charge on any atom is 0.192 e. The van der Waals surface area contributed by atoms with Crippen molar-refractivity contribution in [2.75, 3.05) is 0 Å². The Morgan fingerprint density at radius 2 is 2.12 bits per heavy atom. The van der Waals surface area contributed by atoms with E-state index in [1.54, 1.807) is 0 Å². The average molecular weight is 234 g/mol. The lowest BCUT2D eigenvalue weighted by molar-refractivity contribution is -0.204. The first-order valence-electron chi connectivity index (χ1n) is 6.24. The quantitative estimate of drug-likeness (QED) is 0.677. The van der Waals surface area contributed by atoms with Crippen LogP contribution in [0.1, 0.15) is 40.0 Å². The van der Waals surface area contributed by atoms with Crippen LogP contribution in [0.3, 0.4) is 0 Å². The van der Waals surface area contributed by atoms with Gasteiger partial charge in [-0.2, -0.15) is 0 Å². The van der Waals surface area contributed by atoms with Gasteiger partial charge in [-0.05, 0) is 32.8 Å². The van der Waals surface area contributed by atoms with Crippen LogP contribution in [0.5, 0.6) is 0 Å². The smallest absolute Gasteiger partial charge is 0.192 e. The van der Waals surface area contributed by atoms with Gasteiger partial charge in [0.15, 0.2) is 5.79 Å². The van der Waals surface area contributed by atoms with Crippen LogP contribution in [-0.2, 0) is 9.47 Å². The lowest BCUT2D eigenvalue weighted by atomic mass is 9.99. The maximum absolute atomic E-state index is 6.10. The normalized spacial score (nSPS) is 40.9. The van der Waals surface area contributed by atoms with E-state index in [1.807, 2.05) is 6.08 Å². The van der Waals surface area contributed by atoms with E-state index in [9.17, 15) is 0 Å². The maximum atomic E-state index is 6.10. The van der Waals surface area contributed by atoms with Gasteiger partial charge in [-0.15, -0.1) is 6.58 Å². The second-order valence-electron chi connectivity index (χ2n) is 5.58. The molecule has 0 radical (unpaired) electrons. The monoisotopic (exact) mass is 234 g/mol. The first kappa shape index (κ1) is 12.6. The average Bonchev–Trinajstić information content (AvgIpc) is 2.70. The molecular formula is C15H22O2. The second-order valence-corrected chi connectivity index (χ2v) is 5.58. The Hall–Kier alpha value is -0.860. The molecular weight excluding hydrogens is 212 g/mol. The first-order valence-corrected chi connectivity index (χ1v) is 6.24. The Labute approximate surface area is 104 Å². The zero-order chi connectivity index (χ0) is 12.7. The van der Waals surface area contributed by atoms with Gasteiger partial charge in [-0.3, -0.25) is 0 Å². The van der Waals surface area contributed by atoms with E-state index in [0.29, 0.717) is 0 Å². The molecule has 0 aromatic heterocycles. The van der Waals surface area contributed by atoms with Crippen LogP contribution in [0.2, 0.25) is 0 Å². The van der Waals surface area contributed by atoms with E-state index >= 15 is 0 Å². The summed E-state index contributed by atoms with van der Waals surface area (Å²) < 4.78 is 12.2. The van der Waals surface area contributed by atoms with Crippen LogP contribution in [0, 0.1) is 0 Å². The van der Waals surface area contributed by atoms with Crippen LogP contribution in [-0.4, -0.2) is 17.5 Å². The van der Waals surface area contributed by atoms with Crippen molar-refractivity contribution in [3.8, 4) is 0 Å². The van der Waals surface area contributed by atoms with Gasteiger partial charge in [-0.1, -0.05) is 24.3 Å². The molecule has 0 aromatic carbocycles. The van der Waals surface area contributed by atoms with Crippen LogP contribution >= 0.6 is 0 Å². The molecule has 0 aliphatic carbocycles. The highest BCUT2D eigenvalue weighted by atomic mass is 16.7. The second kappa shape index (κ2) is 4.11. The fourth-order valence-corrected chi connectivity index (χ4v) is 2.60. The number of ether oxygens (including phenoxy) is 2. The van der Waals surface area contributed by atoms with Gasteiger partial charge in [-0.25, -0.2) is 0 Å². The standard InChI is InChI=1S/C15H22O2/c1-6-14(5)7-8-15(17-14)12(4)10-13(16-15)9-11(2)3/h6,9,13H,1,4,7-8,10H2,2-3,5H3/t13-,14+,15-/m0/s1. The Bertz CT molecular complexity index is 378. The van der Waals surface area contributed by atoms with Crippen LogP contribution in [0.15, 0.2) is 36.5 Å². The highest BCUT2D eigenvalue weighted by Gasteiger charge is 2.52. The summed E-state index contributed by atoms with van der Waals surface area (Å²) >= 11 is 0. The first-order chi connectivity index (χ1) is 7.89. The van der Waals surface area contributed by atoms with Gasteiger partial charge in [0, 0.05) is 12.8 Å². The highest BCUT2D eigenvalue weighted by Crippen LogP contribution is 2.49. The summed E-state index contributed by atoms with van der Waals surface area (Å²) in [5, 5.41) is 0. The van der Waals surface area contributed by atoms with E-state index in [0.717, 1.165) is 24.8 Å². The van der Waals surface area contributed by atoms with Crippen molar-refractivity contribution in [3.63, 3.8) is 0 Å². The fraction of sp³-hybridized carbons (Fsp3) is 0.600. The molecule has 0 N–H and O–H groups in total. The van der Waals surface area contributed by atoms with E-state index in [2.05, 4.69) is 40.0 Å². The van der Waals surface area contributed by atoms with Crippen molar-refractivity contribution in [2.24, 2.45) is 0 Å². The predicted molar refractivity (Wildman–Crippen MR) is 69.7 cm³/mol. The van der Waals surface area contributed by atoms with Crippen molar-refractivity contribution in [1.29, 1.82) is 0 Å². The van der Waals surface area contributed by atoms with Gasteiger partial charge in [0.1, 0.15) is 0 Å². The zero-order valence-corrected chi connectivity index (χ0v) is 11.1. The molecule has 0 amide bonds. The molecule has 2 heterocycles. The van der Waals surface area contributed by atoms with E-state index in [1.165, 1.54) is 5.57 Å². The molecule has 2 rings (SSSR count). The SMILES string of the molecule is C=C[C@]1(C)CC[C@]2(O[C@@H](C=C(C)C)CC2=C)O1. The van der Waals surface area contributed by atoms with Crippen molar-refractivity contribution in [3.05, 3.63) is 36.5 Å². The Morgan fingerprint density at radius 3 is 2.65 bits per heavy atom. The molecule has 3 atom stereocenters. The summed E-state index contributed by atoms with van der Waals surface area (Å²) in [7, 11) is 0. The molecule has 0 saturated carbocycles. The molecule has 2 fully saturated rings. The number of rotatable bonds is 2. The molecule has 0 aromatic rings. The van der Waals surface area contributed by atoms with Crippen molar-refractivity contribution in [1.82, 2.24) is 0 Å². The summed E-state index contributed by atoms with van der Waals surface area (Å²) in [5.41, 5.74) is 2.05. The highest BCUT2D eigenvalue weighted by molar-refractivity contribution is 5.23. The van der Waals surface area contributed by atoms with Gasteiger partial charge < -0.3 is 9.47 Å². The van der Waals surface area contributed by atoms with Gasteiger partial charge in [0.2, 0.25) is 0 Å². The molecule has 2 aliphatic rings. The van der Waals surface area contributed by atoms with Gasteiger partial charge >= 0.3 is 0 Å². The predicted octanol–water partition coefficient (Wildman–Crippen LogP) is 3.75. The molecule has 17 heavy (non-hydrogen) atoms. The van der Waals surface area contributed by atoms with Crippen LogP contribution < -0.4 is 0 Å². The Balaban J connectivity index is 2.16. The van der Waals surface area contributed by atoms with E-state index in [4.69, 9.17) is 9.47 Å². The fourth-order valence-electron chi connectivity index (χ4n) is 2.60. The third-order valence-corrected chi connectivity index (χ3v) is 3.63. The van der Waals surface area contributed by atoms with Crippen molar-refractivity contribution < 1.29 is 9.47 Å². The molecule has 94 valence electrons. The van der Waals surface area contributed by atoms with E-state index < -0.39 is 5.79 Å². The van der Waals surface area contributed by atoms with Crippen LogP contribution in [0.25, 0.3) is 0 Å². The van der Waals surface area contributed by atoms with Gasteiger partial charge in [0.25, 0.3) is 0 Å². The Kier molecular flexibility index (Phi) is 3.04. The number of hydrogen-bond acceptors (Lipinski definition) is 2. The third-order valence-electron chi connectivity index (χ3n) is 3.63. The molecule has 2 nitrogen and oxygen atoms in total. The molecule has 2 heteroatoms. The number of allylic oxidation sites excluding steroid dienone is 1.